The van der Waals surface area contributed by atoms with Crippen molar-refractivity contribution in [1.82, 2.24) is 9.88 Å². The molecule has 8 nitrogen and oxygen atoms in total. The van der Waals surface area contributed by atoms with Gasteiger partial charge in [-0.25, -0.2) is 13.4 Å². The third-order valence-electron chi connectivity index (χ3n) is 5.35. The molecule has 1 heterocycles. The first-order valence-corrected chi connectivity index (χ1v) is 12.1. The number of methoxy groups -OCH3 is 1. The maximum Gasteiger partial charge on any atom is 0.265 e. The fourth-order valence-corrected chi connectivity index (χ4v) is 5.05. The van der Waals surface area contributed by atoms with Crippen LogP contribution in [0, 0.1) is 18.3 Å². The van der Waals surface area contributed by atoms with E-state index in [1.54, 1.807) is 66.4 Å². The second kappa shape index (κ2) is 10.8. The van der Waals surface area contributed by atoms with Crippen LogP contribution >= 0.6 is 0 Å². The van der Waals surface area contributed by atoms with Gasteiger partial charge in [0.1, 0.15) is 6.54 Å². The molecule has 176 valence electrons. The Balaban J connectivity index is 1.94. The lowest BCUT2D eigenvalue weighted by Gasteiger charge is -2.28. The topological polar surface area (TPSA) is 104 Å². The highest BCUT2D eigenvalue weighted by molar-refractivity contribution is 7.93. The van der Waals surface area contributed by atoms with Gasteiger partial charge >= 0.3 is 0 Å². The summed E-state index contributed by atoms with van der Waals surface area (Å²) in [5.41, 5.74) is 2.20. The van der Waals surface area contributed by atoms with Gasteiger partial charge in [0.05, 0.1) is 35.5 Å². The first-order valence-electron chi connectivity index (χ1n) is 10.7. The lowest BCUT2D eigenvalue weighted by atomic mass is 10.1. The van der Waals surface area contributed by atoms with Gasteiger partial charge in [0.2, 0.25) is 11.8 Å². The molecule has 0 fully saturated rings. The van der Waals surface area contributed by atoms with Gasteiger partial charge in [0, 0.05) is 19.2 Å². The minimum Gasteiger partial charge on any atom is -0.481 e. The van der Waals surface area contributed by atoms with Crippen molar-refractivity contribution in [3.05, 3.63) is 83.6 Å². The molecule has 0 aliphatic carbocycles. The molecule has 3 aromatic rings. The molecule has 0 unspecified atom stereocenters. The Morgan fingerprint density at radius 3 is 2.35 bits per heavy atom. The van der Waals surface area contributed by atoms with Crippen molar-refractivity contribution in [2.75, 3.05) is 24.5 Å². The van der Waals surface area contributed by atoms with Crippen LogP contribution in [-0.2, 0) is 21.4 Å². The molecule has 3 rings (SSSR count). The number of pyridine rings is 1. The lowest BCUT2D eigenvalue weighted by molar-refractivity contribution is -0.129. The molecule has 0 atom stereocenters. The van der Waals surface area contributed by atoms with Crippen LogP contribution in [0.4, 0.5) is 5.69 Å². The maximum atomic E-state index is 13.6. The average Bonchev–Trinajstić information content (AvgIpc) is 2.86. The van der Waals surface area contributed by atoms with E-state index < -0.39 is 16.6 Å². The summed E-state index contributed by atoms with van der Waals surface area (Å²) in [6.07, 6.45) is 1.37. The van der Waals surface area contributed by atoms with Gasteiger partial charge in [0.25, 0.3) is 10.0 Å². The zero-order valence-corrected chi connectivity index (χ0v) is 20.1. The second-order valence-electron chi connectivity index (χ2n) is 7.55. The molecule has 0 N–H and O–H groups in total. The predicted molar refractivity (Wildman–Crippen MR) is 129 cm³/mol. The number of amides is 1. The maximum absolute atomic E-state index is 13.6. The van der Waals surface area contributed by atoms with Crippen molar-refractivity contribution in [2.24, 2.45) is 0 Å². The van der Waals surface area contributed by atoms with Crippen LogP contribution in [0.15, 0.2) is 71.8 Å². The Bertz CT molecular complexity index is 1280. The number of hydrogen-bond acceptors (Lipinski definition) is 6. The number of carbonyl (C=O) groups is 1. The second-order valence-corrected chi connectivity index (χ2v) is 9.38. The van der Waals surface area contributed by atoms with E-state index in [0.717, 1.165) is 9.87 Å². The highest BCUT2D eigenvalue weighted by Gasteiger charge is 2.30. The zero-order chi connectivity index (χ0) is 24.7. The van der Waals surface area contributed by atoms with Crippen LogP contribution < -0.4 is 9.04 Å². The van der Waals surface area contributed by atoms with E-state index in [-0.39, 0.29) is 16.5 Å². The van der Waals surface area contributed by atoms with Crippen molar-refractivity contribution < 1.29 is 17.9 Å². The summed E-state index contributed by atoms with van der Waals surface area (Å²) in [4.78, 5) is 19.1. The number of rotatable bonds is 9. The number of carbonyl (C=O) groups excluding carboxylic acids is 1. The number of nitrogens with zero attached hydrogens (tertiary/aromatic N) is 4. The summed E-state index contributed by atoms with van der Waals surface area (Å²) in [5, 5.41) is 8.98. The monoisotopic (exact) mass is 478 g/mol. The van der Waals surface area contributed by atoms with Gasteiger partial charge in [-0.2, -0.15) is 5.26 Å². The van der Waals surface area contributed by atoms with Crippen molar-refractivity contribution in [3.63, 3.8) is 0 Å². The summed E-state index contributed by atoms with van der Waals surface area (Å²) in [5.74, 6) is -0.0286. The van der Waals surface area contributed by atoms with Gasteiger partial charge in [-0.3, -0.25) is 9.10 Å². The molecular weight excluding hydrogens is 452 g/mol. The molecular formula is C25H26N4O4S. The number of nitriles is 1. The van der Waals surface area contributed by atoms with Crippen LogP contribution in [0.25, 0.3) is 0 Å². The summed E-state index contributed by atoms with van der Waals surface area (Å²) >= 11 is 0. The fraction of sp³-hybridized carbons (Fsp3) is 0.240. The van der Waals surface area contributed by atoms with Gasteiger partial charge in [-0.15, -0.1) is 0 Å². The Hall–Kier alpha value is -3.90. The molecule has 0 aliphatic heterocycles. The molecule has 9 heteroatoms. The molecule has 0 bridgehead atoms. The van der Waals surface area contributed by atoms with E-state index >= 15 is 0 Å². The number of sulfonamides is 1. The summed E-state index contributed by atoms with van der Waals surface area (Å²) in [7, 11) is -2.59. The number of aromatic nitrogens is 1. The number of ether oxygens (including phenoxy) is 1. The normalized spacial score (nSPS) is 10.9. The molecule has 34 heavy (non-hydrogen) atoms. The van der Waals surface area contributed by atoms with E-state index in [0.29, 0.717) is 30.1 Å². The Morgan fingerprint density at radius 2 is 1.79 bits per heavy atom. The fourth-order valence-electron chi connectivity index (χ4n) is 3.42. The number of aryl methyl sites for hydroxylation is 1. The summed E-state index contributed by atoms with van der Waals surface area (Å²) < 4.78 is 33.5. The molecule has 0 saturated carbocycles. The SMILES string of the molecule is CCN(Cc1ccc(C#N)cc1)C(=O)CN(c1ccc(OC)nc1)S(=O)(=O)c1ccccc1C. The Labute approximate surface area is 200 Å². The number of anilines is 1. The third kappa shape index (κ3) is 5.53. The number of hydrogen-bond donors (Lipinski definition) is 0. The van der Waals surface area contributed by atoms with Gasteiger partial charge in [0.15, 0.2) is 0 Å². The zero-order valence-electron chi connectivity index (χ0n) is 19.3. The Kier molecular flexibility index (Phi) is 7.87. The van der Waals surface area contributed by atoms with Crippen molar-refractivity contribution in [1.29, 1.82) is 5.26 Å². The van der Waals surface area contributed by atoms with Crippen molar-refractivity contribution in [3.8, 4) is 11.9 Å². The van der Waals surface area contributed by atoms with E-state index in [2.05, 4.69) is 11.1 Å². The third-order valence-corrected chi connectivity index (χ3v) is 7.28. The minimum absolute atomic E-state index is 0.119. The molecule has 1 aromatic heterocycles. The van der Waals surface area contributed by atoms with Crippen molar-refractivity contribution >= 4 is 21.6 Å². The molecule has 0 spiro atoms. The Morgan fingerprint density at radius 1 is 1.09 bits per heavy atom. The minimum atomic E-state index is -4.05. The highest BCUT2D eigenvalue weighted by Crippen LogP contribution is 2.26. The molecule has 0 aliphatic rings. The van der Waals surface area contributed by atoms with Gasteiger partial charge in [-0.1, -0.05) is 30.3 Å². The van der Waals surface area contributed by atoms with Crippen LogP contribution in [0.5, 0.6) is 5.88 Å². The lowest BCUT2D eigenvalue weighted by Crippen LogP contribution is -2.43. The van der Waals surface area contributed by atoms with Crippen LogP contribution in [0.3, 0.4) is 0 Å². The summed E-state index contributed by atoms with van der Waals surface area (Å²) in [6.45, 7) is 3.83. The predicted octanol–water partition coefficient (Wildman–Crippen LogP) is 3.51. The van der Waals surface area contributed by atoms with Crippen LogP contribution in [-0.4, -0.2) is 44.4 Å². The van der Waals surface area contributed by atoms with Crippen molar-refractivity contribution in [2.45, 2.75) is 25.3 Å². The van der Waals surface area contributed by atoms with Crippen LogP contribution in [0.1, 0.15) is 23.6 Å². The summed E-state index contributed by atoms with van der Waals surface area (Å²) in [6, 6.07) is 18.8. The first-order chi connectivity index (χ1) is 16.3. The van der Waals surface area contributed by atoms with Gasteiger partial charge < -0.3 is 9.64 Å². The standard InChI is InChI=1S/C25H26N4O4S/c1-4-28(17-21-11-9-20(15-26)10-12-21)25(30)18-29(22-13-14-24(33-3)27-16-22)34(31,32)23-8-6-5-7-19(23)2/h5-14,16H,4,17-18H2,1-3H3. The largest absolute Gasteiger partial charge is 0.481 e. The number of benzene rings is 2. The average molecular weight is 479 g/mol. The molecule has 2 aromatic carbocycles. The quantitative estimate of drug-likeness (QED) is 0.466. The highest BCUT2D eigenvalue weighted by atomic mass is 32.2. The smallest absolute Gasteiger partial charge is 0.265 e. The molecule has 0 saturated heterocycles. The molecule has 1 amide bonds. The van der Waals surface area contributed by atoms with Crippen LogP contribution in [0.2, 0.25) is 0 Å². The molecule has 0 radical (unpaired) electrons. The van der Waals surface area contributed by atoms with E-state index in [9.17, 15) is 13.2 Å². The van der Waals surface area contributed by atoms with E-state index in [1.165, 1.54) is 19.4 Å². The van der Waals surface area contributed by atoms with Gasteiger partial charge in [-0.05, 0) is 49.2 Å². The first kappa shape index (κ1) is 24.7. The van der Waals surface area contributed by atoms with E-state index in [1.807, 2.05) is 6.92 Å². The number of likely N-dealkylation sites (N-methyl/N-ethyl adjacent to an activating group) is 1. The van der Waals surface area contributed by atoms with E-state index in [4.69, 9.17) is 10.00 Å².